The quantitative estimate of drug-likeness (QED) is 0.337. The van der Waals surface area contributed by atoms with E-state index in [1.54, 1.807) is 48.0 Å². The maximum atomic E-state index is 12.6. The Bertz CT molecular complexity index is 1540. The van der Waals surface area contributed by atoms with Gasteiger partial charge in [0.2, 0.25) is 5.88 Å². The van der Waals surface area contributed by atoms with Crippen molar-refractivity contribution >= 4 is 11.6 Å². The average molecular weight is 481 g/mol. The number of aryl methyl sites for hydroxylation is 2. The van der Waals surface area contributed by atoms with Crippen LogP contribution >= 0.6 is 0 Å². The highest BCUT2D eigenvalue weighted by atomic mass is 16.5. The number of hydrogen-bond donors (Lipinski definition) is 1. The number of nitrogens with one attached hydrogen (secondary N) is 1. The number of hydrogen-bond acceptors (Lipinski definition) is 7. The fourth-order valence-corrected chi connectivity index (χ4v) is 3.67. The smallest absolute Gasteiger partial charge is 0.277 e. The Hall–Kier alpha value is -4.79. The Morgan fingerprint density at radius 2 is 1.69 bits per heavy atom. The van der Waals surface area contributed by atoms with Crippen molar-refractivity contribution in [3.05, 3.63) is 95.2 Å². The summed E-state index contributed by atoms with van der Waals surface area (Å²) in [5, 5.41) is 11.3. The van der Waals surface area contributed by atoms with Gasteiger partial charge in [0.1, 0.15) is 11.6 Å². The van der Waals surface area contributed by atoms with Crippen molar-refractivity contribution in [2.45, 2.75) is 27.7 Å². The van der Waals surface area contributed by atoms with E-state index in [1.165, 1.54) is 0 Å². The lowest BCUT2D eigenvalue weighted by atomic mass is 10.1. The third-order valence-electron chi connectivity index (χ3n) is 5.81. The molecule has 1 amide bonds. The topological polar surface area (TPSA) is 108 Å². The fraction of sp³-hybridized carbons (Fsp3) is 0.148. The van der Waals surface area contributed by atoms with E-state index in [0.717, 1.165) is 22.5 Å². The van der Waals surface area contributed by atoms with Crippen LogP contribution in [0.2, 0.25) is 0 Å². The molecule has 5 aromatic rings. The van der Waals surface area contributed by atoms with Crippen LogP contribution in [0.25, 0.3) is 17.1 Å². The van der Waals surface area contributed by atoms with Gasteiger partial charge in [-0.2, -0.15) is 10.1 Å². The van der Waals surface area contributed by atoms with Gasteiger partial charge >= 0.3 is 0 Å². The number of carbonyl (C=O) groups excluding carboxylic acids is 1. The second-order valence-corrected chi connectivity index (χ2v) is 8.34. The lowest BCUT2D eigenvalue weighted by Crippen LogP contribution is -2.12. The lowest BCUT2D eigenvalue weighted by Gasteiger charge is -2.10. The number of nitrogens with zero attached hydrogens (tertiary/aromatic N) is 5. The van der Waals surface area contributed by atoms with E-state index in [1.807, 2.05) is 51.1 Å². The van der Waals surface area contributed by atoms with Gasteiger partial charge in [0.25, 0.3) is 5.91 Å². The molecule has 0 saturated heterocycles. The summed E-state index contributed by atoms with van der Waals surface area (Å²) in [6, 6.07) is 19.8. The van der Waals surface area contributed by atoms with Gasteiger partial charge in [-0.1, -0.05) is 35.5 Å². The molecule has 0 aliphatic rings. The number of aromatic nitrogens is 5. The summed E-state index contributed by atoms with van der Waals surface area (Å²) in [6.07, 6.45) is 0. The Labute approximate surface area is 207 Å². The molecule has 2 aromatic carbocycles. The Kier molecular flexibility index (Phi) is 6.03. The molecule has 0 aliphatic carbocycles. The number of amides is 1. The van der Waals surface area contributed by atoms with Crippen LogP contribution in [0, 0.1) is 27.7 Å². The Balaban J connectivity index is 1.28. The van der Waals surface area contributed by atoms with E-state index >= 15 is 0 Å². The first-order valence-electron chi connectivity index (χ1n) is 11.4. The van der Waals surface area contributed by atoms with E-state index in [9.17, 15) is 4.79 Å². The first-order valence-corrected chi connectivity index (χ1v) is 11.4. The minimum atomic E-state index is -0.370. The molecule has 9 heteroatoms. The predicted molar refractivity (Wildman–Crippen MR) is 135 cm³/mol. The third-order valence-corrected chi connectivity index (χ3v) is 5.81. The summed E-state index contributed by atoms with van der Waals surface area (Å²) in [7, 11) is 0. The first kappa shape index (κ1) is 23.0. The van der Waals surface area contributed by atoms with Crippen molar-refractivity contribution < 1.29 is 14.1 Å². The van der Waals surface area contributed by atoms with Crippen molar-refractivity contribution in [1.82, 2.24) is 24.9 Å². The number of benzene rings is 2. The van der Waals surface area contributed by atoms with Gasteiger partial charge in [-0.15, -0.1) is 0 Å². The Morgan fingerprint density at radius 1 is 0.944 bits per heavy atom. The molecule has 0 unspecified atom stereocenters. The van der Waals surface area contributed by atoms with Gasteiger partial charge in [-0.3, -0.25) is 4.79 Å². The minimum absolute atomic E-state index is 0.192. The summed E-state index contributed by atoms with van der Waals surface area (Å²) >= 11 is 0. The van der Waals surface area contributed by atoms with Gasteiger partial charge < -0.3 is 14.6 Å². The van der Waals surface area contributed by atoms with Crippen LogP contribution in [0.3, 0.4) is 0 Å². The van der Waals surface area contributed by atoms with Gasteiger partial charge in [-0.05, 0) is 57.5 Å². The van der Waals surface area contributed by atoms with Crippen LogP contribution in [-0.4, -0.2) is 30.8 Å². The highest BCUT2D eigenvalue weighted by molar-refractivity contribution is 6.03. The lowest BCUT2D eigenvalue weighted by molar-refractivity contribution is 0.101. The second kappa shape index (κ2) is 9.46. The van der Waals surface area contributed by atoms with E-state index in [2.05, 4.69) is 25.5 Å². The van der Waals surface area contributed by atoms with Crippen LogP contribution in [0.4, 0.5) is 5.69 Å². The van der Waals surface area contributed by atoms with Crippen LogP contribution in [0.5, 0.6) is 11.6 Å². The number of rotatable bonds is 6. The van der Waals surface area contributed by atoms with Crippen LogP contribution in [0.15, 0.2) is 71.3 Å². The van der Waals surface area contributed by atoms with Crippen molar-refractivity contribution in [2.24, 2.45) is 0 Å². The summed E-state index contributed by atoms with van der Waals surface area (Å²) in [4.78, 5) is 21.5. The number of anilines is 1. The van der Waals surface area contributed by atoms with Gasteiger partial charge in [0, 0.05) is 29.1 Å². The zero-order chi connectivity index (χ0) is 25.2. The van der Waals surface area contributed by atoms with Crippen molar-refractivity contribution in [3.63, 3.8) is 0 Å². The monoisotopic (exact) mass is 480 g/mol. The molecule has 0 atom stereocenters. The molecule has 0 radical (unpaired) electrons. The third kappa shape index (κ3) is 4.72. The molecule has 180 valence electrons. The molecular weight excluding hydrogens is 456 g/mol. The number of carbonyl (C=O) groups is 1. The molecule has 1 N–H and O–H groups in total. The van der Waals surface area contributed by atoms with Crippen LogP contribution in [-0.2, 0) is 0 Å². The standard InChI is InChI=1S/C27H24N6O3/c1-16-17(2)31-33(18(16)3)25-15-26(29-19(4)28-25)35-22-12-10-21(11-13-22)30-27(34)23-14-24(36-32-23)20-8-6-5-7-9-20/h5-15H,1-4H3,(H,30,34). The SMILES string of the molecule is Cc1nc(Oc2ccc(NC(=O)c3cc(-c4ccccc4)on3)cc2)cc(-n2nc(C)c(C)c2C)n1. The largest absolute Gasteiger partial charge is 0.439 e. The fourth-order valence-electron chi connectivity index (χ4n) is 3.67. The molecule has 5 rings (SSSR count). The second-order valence-electron chi connectivity index (χ2n) is 8.34. The van der Waals surface area contributed by atoms with E-state index in [0.29, 0.717) is 34.7 Å². The van der Waals surface area contributed by atoms with Gasteiger partial charge in [0.05, 0.1) is 5.69 Å². The molecular formula is C27H24N6O3. The van der Waals surface area contributed by atoms with Crippen LogP contribution in [0.1, 0.15) is 33.3 Å². The molecule has 0 bridgehead atoms. The van der Waals surface area contributed by atoms with Gasteiger partial charge in [-0.25, -0.2) is 9.67 Å². The van der Waals surface area contributed by atoms with Crippen molar-refractivity contribution in [3.8, 4) is 28.8 Å². The van der Waals surface area contributed by atoms with Crippen molar-refractivity contribution in [1.29, 1.82) is 0 Å². The zero-order valence-corrected chi connectivity index (χ0v) is 20.3. The first-order chi connectivity index (χ1) is 17.4. The average Bonchev–Trinajstić information content (AvgIpc) is 3.47. The summed E-state index contributed by atoms with van der Waals surface area (Å²) in [5.41, 5.74) is 4.72. The molecule has 36 heavy (non-hydrogen) atoms. The number of ether oxygens (including phenoxy) is 1. The predicted octanol–water partition coefficient (Wildman–Crippen LogP) is 5.60. The molecule has 0 aliphatic heterocycles. The van der Waals surface area contributed by atoms with Crippen LogP contribution < -0.4 is 10.1 Å². The normalized spacial score (nSPS) is 10.9. The van der Waals surface area contributed by atoms with E-state index in [4.69, 9.17) is 9.26 Å². The maximum absolute atomic E-state index is 12.6. The molecule has 0 saturated carbocycles. The molecule has 0 spiro atoms. The highest BCUT2D eigenvalue weighted by Crippen LogP contribution is 2.25. The minimum Gasteiger partial charge on any atom is -0.439 e. The van der Waals surface area contributed by atoms with Crippen molar-refractivity contribution in [2.75, 3.05) is 5.32 Å². The Morgan fingerprint density at radius 3 is 2.39 bits per heavy atom. The summed E-state index contributed by atoms with van der Waals surface area (Å²) in [5.74, 6) is 2.33. The molecule has 9 nitrogen and oxygen atoms in total. The maximum Gasteiger partial charge on any atom is 0.277 e. The van der Waals surface area contributed by atoms with Gasteiger partial charge in [0.15, 0.2) is 17.3 Å². The van der Waals surface area contributed by atoms with E-state index in [-0.39, 0.29) is 11.6 Å². The zero-order valence-electron chi connectivity index (χ0n) is 20.3. The van der Waals surface area contributed by atoms with E-state index < -0.39 is 0 Å². The molecule has 0 fully saturated rings. The molecule has 3 heterocycles. The summed E-state index contributed by atoms with van der Waals surface area (Å²) in [6.45, 7) is 7.81. The molecule has 3 aromatic heterocycles. The summed E-state index contributed by atoms with van der Waals surface area (Å²) < 4.78 is 13.1. The highest BCUT2D eigenvalue weighted by Gasteiger charge is 2.15.